The van der Waals surface area contributed by atoms with Crippen LogP contribution in [0.4, 0.5) is 4.39 Å². The maximum Gasteiger partial charge on any atom is 0.165 e. The molecule has 0 spiro atoms. The largest absolute Gasteiger partial charge is 0.488 e. The predicted molar refractivity (Wildman–Crippen MR) is 69.5 cm³/mol. The Kier molecular flexibility index (Phi) is 4.74. The zero-order valence-electron chi connectivity index (χ0n) is 11.2. The number of hydrogen-bond acceptors (Lipinski definition) is 3. The molecular formula is C14H21FNO3+. The van der Waals surface area contributed by atoms with Gasteiger partial charge in [-0.1, -0.05) is 12.1 Å². The SMILES string of the molecule is C[N+]1(C[C@@H](O)COc2ccccc2F)CCOCC1. The molecule has 1 heterocycles. The molecule has 0 amide bonds. The van der Waals surface area contributed by atoms with Crippen LogP contribution in [0, 0.1) is 5.82 Å². The molecule has 19 heavy (non-hydrogen) atoms. The van der Waals surface area contributed by atoms with Crippen molar-refractivity contribution in [1.82, 2.24) is 0 Å². The summed E-state index contributed by atoms with van der Waals surface area (Å²) in [6, 6.07) is 6.23. The lowest BCUT2D eigenvalue weighted by atomic mass is 10.2. The number of rotatable bonds is 5. The van der Waals surface area contributed by atoms with Gasteiger partial charge in [-0.3, -0.25) is 0 Å². The number of ether oxygens (including phenoxy) is 2. The van der Waals surface area contributed by atoms with Crippen molar-refractivity contribution in [3.63, 3.8) is 0 Å². The molecule has 0 saturated carbocycles. The van der Waals surface area contributed by atoms with E-state index in [-0.39, 0.29) is 12.4 Å². The van der Waals surface area contributed by atoms with E-state index < -0.39 is 11.9 Å². The number of halogens is 1. The van der Waals surface area contributed by atoms with Gasteiger partial charge in [-0.25, -0.2) is 4.39 Å². The fourth-order valence-electron chi connectivity index (χ4n) is 2.28. The third-order valence-corrected chi connectivity index (χ3v) is 3.47. The molecule has 106 valence electrons. The molecule has 1 aromatic rings. The molecule has 1 aromatic carbocycles. The Labute approximate surface area is 113 Å². The van der Waals surface area contributed by atoms with Gasteiger partial charge in [-0.2, -0.15) is 0 Å². The molecule has 1 N–H and O–H groups in total. The number of morpholine rings is 1. The van der Waals surface area contributed by atoms with Gasteiger partial charge in [-0.05, 0) is 12.1 Å². The summed E-state index contributed by atoms with van der Waals surface area (Å²) in [5.74, 6) is -0.215. The van der Waals surface area contributed by atoms with E-state index in [9.17, 15) is 9.50 Å². The number of quaternary nitrogens is 1. The lowest BCUT2D eigenvalue weighted by molar-refractivity contribution is -0.919. The second-order valence-electron chi connectivity index (χ2n) is 5.26. The van der Waals surface area contributed by atoms with Crippen LogP contribution >= 0.6 is 0 Å². The average Bonchev–Trinajstić information content (AvgIpc) is 2.38. The highest BCUT2D eigenvalue weighted by Crippen LogP contribution is 2.16. The van der Waals surface area contributed by atoms with E-state index in [1.54, 1.807) is 18.2 Å². The maximum atomic E-state index is 13.3. The number of aliphatic hydroxyl groups is 1. The predicted octanol–water partition coefficient (Wildman–Crippen LogP) is 1.04. The van der Waals surface area contributed by atoms with E-state index in [1.165, 1.54) is 6.07 Å². The minimum Gasteiger partial charge on any atom is -0.488 e. The lowest BCUT2D eigenvalue weighted by Gasteiger charge is -2.38. The molecule has 1 fully saturated rings. The van der Waals surface area contributed by atoms with Crippen molar-refractivity contribution < 1.29 is 23.5 Å². The molecule has 0 aromatic heterocycles. The van der Waals surface area contributed by atoms with E-state index >= 15 is 0 Å². The molecule has 0 aliphatic carbocycles. The van der Waals surface area contributed by atoms with E-state index in [1.807, 2.05) is 0 Å². The van der Waals surface area contributed by atoms with E-state index in [4.69, 9.17) is 9.47 Å². The molecule has 1 atom stereocenters. The van der Waals surface area contributed by atoms with Crippen molar-refractivity contribution in [3.05, 3.63) is 30.1 Å². The molecule has 0 unspecified atom stereocenters. The molecule has 2 rings (SSSR count). The Bertz CT molecular complexity index is 407. The van der Waals surface area contributed by atoms with Crippen molar-refractivity contribution in [3.8, 4) is 5.75 Å². The van der Waals surface area contributed by atoms with Crippen LogP contribution in [0.15, 0.2) is 24.3 Å². The third-order valence-electron chi connectivity index (χ3n) is 3.47. The van der Waals surface area contributed by atoms with Gasteiger partial charge in [0, 0.05) is 0 Å². The second kappa shape index (κ2) is 6.32. The number of likely N-dealkylation sites (N-methyl/N-ethyl adjacent to an activating group) is 1. The number of hydrogen-bond donors (Lipinski definition) is 1. The van der Waals surface area contributed by atoms with E-state index in [2.05, 4.69) is 7.05 Å². The summed E-state index contributed by atoms with van der Waals surface area (Å²) in [6.07, 6.45) is -0.609. The summed E-state index contributed by atoms with van der Waals surface area (Å²) >= 11 is 0. The molecule has 1 aliphatic rings. The third kappa shape index (κ3) is 4.16. The Morgan fingerprint density at radius 2 is 2.05 bits per heavy atom. The van der Waals surface area contributed by atoms with E-state index in [0.717, 1.165) is 30.8 Å². The molecule has 0 radical (unpaired) electrons. The van der Waals surface area contributed by atoms with Crippen molar-refractivity contribution in [2.24, 2.45) is 0 Å². The van der Waals surface area contributed by atoms with Gasteiger partial charge in [0.15, 0.2) is 11.6 Å². The minimum atomic E-state index is -0.609. The van der Waals surface area contributed by atoms with Gasteiger partial charge in [0.25, 0.3) is 0 Å². The quantitative estimate of drug-likeness (QED) is 0.813. The highest BCUT2D eigenvalue weighted by atomic mass is 19.1. The molecule has 5 heteroatoms. The van der Waals surface area contributed by atoms with Crippen LogP contribution in [0.2, 0.25) is 0 Å². The number of benzene rings is 1. The summed E-state index contributed by atoms with van der Waals surface area (Å²) in [7, 11) is 2.09. The summed E-state index contributed by atoms with van der Waals surface area (Å²) in [5.41, 5.74) is 0. The summed E-state index contributed by atoms with van der Waals surface area (Å²) < 4.78 is 24.7. The maximum absolute atomic E-state index is 13.3. The Morgan fingerprint density at radius 1 is 1.37 bits per heavy atom. The van der Waals surface area contributed by atoms with Crippen molar-refractivity contribution in [2.75, 3.05) is 46.5 Å². The second-order valence-corrected chi connectivity index (χ2v) is 5.26. The fourth-order valence-corrected chi connectivity index (χ4v) is 2.28. The number of nitrogens with zero attached hydrogens (tertiary/aromatic N) is 1. The average molecular weight is 270 g/mol. The highest BCUT2D eigenvalue weighted by molar-refractivity contribution is 5.23. The Hall–Kier alpha value is -1.17. The smallest absolute Gasteiger partial charge is 0.165 e. The minimum absolute atomic E-state index is 0.107. The summed E-state index contributed by atoms with van der Waals surface area (Å²) in [4.78, 5) is 0. The Balaban J connectivity index is 1.81. The molecule has 1 aliphatic heterocycles. The van der Waals surface area contributed by atoms with Gasteiger partial charge in [0.2, 0.25) is 0 Å². The van der Waals surface area contributed by atoms with Gasteiger partial charge < -0.3 is 19.1 Å². The van der Waals surface area contributed by atoms with Crippen LogP contribution in [0.5, 0.6) is 5.75 Å². The van der Waals surface area contributed by atoms with Gasteiger partial charge in [-0.15, -0.1) is 0 Å². The Morgan fingerprint density at radius 3 is 2.74 bits per heavy atom. The molecule has 1 saturated heterocycles. The molecule has 0 bridgehead atoms. The highest BCUT2D eigenvalue weighted by Gasteiger charge is 2.28. The van der Waals surface area contributed by atoms with Gasteiger partial charge in [0.1, 0.15) is 32.3 Å². The standard InChI is InChI=1S/C14H21FNO3/c1-16(6-8-18-9-7-16)10-12(17)11-19-14-5-3-2-4-13(14)15/h2-5,12,17H,6-11H2,1H3/q+1/t12-/m1/s1. The van der Waals surface area contributed by atoms with Crippen molar-refractivity contribution >= 4 is 0 Å². The summed E-state index contributed by atoms with van der Waals surface area (Å²) in [6.45, 7) is 3.91. The van der Waals surface area contributed by atoms with Crippen molar-refractivity contribution in [2.45, 2.75) is 6.10 Å². The number of aliphatic hydroxyl groups excluding tert-OH is 1. The number of para-hydroxylation sites is 1. The van der Waals surface area contributed by atoms with Gasteiger partial charge in [0.05, 0.1) is 20.3 Å². The van der Waals surface area contributed by atoms with Crippen LogP contribution in [-0.2, 0) is 4.74 Å². The van der Waals surface area contributed by atoms with Gasteiger partial charge >= 0.3 is 0 Å². The fraction of sp³-hybridized carbons (Fsp3) is 0.571. The first-order chi connectivity index (χ1) is 9.09. The van der Waals surface area contributed by atoms with Crippen LogP contribution in [0.25, 0.3) is 0 Å². The zero-order valence-corrected chi connectivity index (χ0v) is 11.2. The van der Waals surface area contributed by atoms with Crippen LogP contribution in [0.1, 0.15) is 0 Å². The van der Waals surface area contributed by atoms with Crippen LogP contribution in [0.3, 0.4) is 0 Å². The van der Waals surface area contributed by atoms with E-state index in [0.29, 0.717) is 6.54 Å². The lowest BCUT2D eigenvalue weighted by Crippen LogP contribution is -2.56. The topological polar surface area (TPSA) is 38.7 Å². The zero-order chi connectivity index (χ0) is 13.7. The first-order valence-corrected chi connectivity index (χ1v) is 6.56. The monoisotopic (exact) mass is 270 g/mol. The molecule has 4 nitrogen and oxygen atoms in total. The summed E-state index contributed by atoms with van der Waals surface area (Å²) in [5, 5.41) is 10.0. The first kappa shape index (κ1) is 14.2. The molecular weight excluding hydrogens is 249 g/mol. The van der Waals surface area contributed by atoms with Crippen LogP contribution in [-0.4, -0.2) is 62.2 Å². The van der Waals surface area contributed by atoms with Crippen molar-refractivity contribution in [1.29, 1.82) is 0 Å². The first-order valence-electron chi connectivity index (χ1n) is 6.56. The van der Waals surface area contributed by atoms with Crippen LogP contribution < -0.4 is 4.74 Å². The normalized spacial score (nSPS) is 19.9.